The molecule has 1 amide bonds. The van der Waals surface area contributed by atoms with Gasteiger partial charge in [0.05, 0.1) is 12.4 Å². The van der Waals surface area contributed by atoms with Gasteiger partial charge in [-0.25, -0.2) is 0 Å². The normalized spacial score (nSPS) is 10.2. The fraction of sp³-hybridized carbons (Fsp3) is 0.533. The van der Waals surface area contributed by atoms with Crippen molar-refractivity contribution in [3.05, 3.63) is 29.8 Å². The Balaban J connectivity index is 2.05. The Labute approximate surface area is 120 Å². The molecule has 0 spiro atoms. The molecule has 0 saturated heterocycles. The molecule has 0 unspecified atom stereocenters. The second-order valence-corrected chi connectivity index (χ2v) is 5.48. The van der Waals surface area contributed by atoms with Crippen molar-refractivity contribution in [1.82, 2.24) is 5.32 Å². The molecule has 0 aliphatic rings. The first-order chi connectivity index (χ1) is 9.24. The van der Waals surface area contributed by atoms with Gasteiger partial charge in [-0.05, 0) is 25.0 Å². The van der Waals surface area contributed by atoms with Crippen LogP contribution in [0.25, 0.3) is 0 Å². The van der Waals surface area contributed by atoms with Crippen LogP contribution in [-0.4, -0.2) is 30.6 Å². The van der Waals surface area contributed by atoms with Gasteiger partial charge in [-0.3, -0.25) is 4.79 Å². The topological polar surface area (TPSA) is 38.3 Å². The fourth-order valence-corrected chi connectivity index (χ4v) is 2.18. The predicted molar refractivity (Wildman–Crippen MR) is 81.9 cm³/mol. The Morgan fingerprint density at radius 1 is 1.37 bits per heavy atom. The molecule has 19 heavy (non-hydrogen) atoms. The fourth-order valence-electron chi connectivity index (χ4n) is 1.55. The van der Waals surface area contributed by atoms with Gasteiger partial charge in [0.1, 0.15) is 5.75 Å². The molecule has 1 aromatic carbocycles. The third-order valence-corrected chi connectivity index (χ3v) is 3.59. The van der Waals surface area contributed by atoms with E-state index in [-0.39, 0.29) is 5.91 Å². The first-order valence-electron chi connectivity index (χ1n) is 6.77. The number of para-hydroxylation sites is 1. The third-order valence-electron chi connectivity index (χ3n) is 2.66. The number of hydrogen-bond donors (Lipinski definition) is 1. The molecule has 0 radical (unpaired) electrons. The van der Waals surface area contributed by atoms with Gasteiger partial charge in [0.25, 0.3) is 0 Å². The zero-order chi connectivity index (χ0) is 13.9. The molecule has 4 heteroatoms. The number of carbonyl (C=O) groups excluding carboxylic acids is 1. The van der Waals surface area contributed by atoms with Crippen molar-refractivity contribution in [2.24, 2.45) is 0 Å². The highest BCUT2D eigenvalue weighted by Gasteiger charge is 2.01. The monoisotopic (exact) mass is 281 g/mol. The molecule has 0 saturated carbocycles. The van der Waals surface area contributed by atoms with Crippen LogP contribution in [0, 0.1) is 6.92 Å². The maximum absolute atomic E-state index is 11.4. The number of aryl methyl sites for hydroxylation is 1. The molecule has 106 valence electrons. The number of nitrogens with one attached hydrogen (secondary N) is 1. The van der Waals surface area contributed by atoms with E-state index in [9.17, 15) is 4.79 Å². The smallest absolute Gasteiger partial charge is 0.229 e. The van der Waals surface area contributed by atoms with Crippen LogP contribution in [0.15, 0.2) is 24.3 Å². The molecular formula is C15H23NO2S. The summed E-state index contributed by atoms with van der Waals surface area (Å²) in [6, 6.07) is 7.97. The molecule has 0 aliphatic heterocycles. The van der Waals surface area contributed by atoms with Crippen molar-refractivity contribution < 1.29 is 9.53 Å². The summed E-state index contributed by atoms with van der Waals surface area (Å²) in [5.41, 5.74) is 1.14. The van der Waals surface area contributed by atoms with Gasteiger partial charge in [0.2, 0.25) is 5.91 Å². The second kappa shape index (κ2) is 9.73. The van der Waals surface area contributed by atoms with E-state index < -0.39 is 0 Å². The van der Waals surface area contributed by atoms with E-state index in [1.54, 1.807) is 11.8 Å². The van der Waals surface area contributed by atoms with Crippen LogP contribution in [0.2, 0.25) is 0 Å². The molecule has 3 nitrogen and oxygen atoms in total. The lowest BCUT2D eigenvalue weighted by atomic mass is 10.2. The Bertz CT molecular complexity index is 382. The summed E-state index contributed by atoms with van der Waals surface area (Å²) >= 11 is 1.61. The number of benzene rings is 1. The third kappa shape index (κ3) is 7.11. The first kappa shape index (κ1) is 15.9. The minimum absolute atomic E-state index is 0.120. The molecular weight excluding hydrogens is 258 g/mol. The van der Waals surface area contributed by atoms with Crippen molar-refractivity contribution in [2.75, 3.05) is 24.7 Å². The van der Waals surface area contributed by atoms with E-state index in [4.69, 9.17) is 4.74 Å². The number of rotatable bonds is 9. The molecule has 0 aliphatic carbocycles. The first-order valence-corrected chi connectivity index (χ1v) is 7.92. The minimum Gasteiger partial charge on any atom is -0.492 e. The van der Waals surface area contributed by atoms with Crippen molar-refractivity contribution >= 4 is 17.7 Å². The van der Waals surface area contributed by atoms with Crippen molar-refractivity contribution in [3.8, 4) is 5.75 Å². The van der Waals surface area contributed by atoms with Gasteiger partial charge in [-0.2, -0.15) is 0 Å². The maximum Gasteiger partial charge on any atom is 0.229 e. The Morgan fingerprint density at radius 2 is 2.16 bits per heavy atom. The van der Waals surface area contributed by atoms with Crippen molar-refractivity contribution in [1.29, 1.82) is 0 Å². The Morgan fingerprint density at radius 3 is 2.89 bits per heavy atom. The molecule has 0 aromatic heterocycles. The lowest BCUT2D eigenvalue weighted by Gasteiger charge is -2.08. The van der Waals surface area contributed by atoms with Crippen LogP contribution in [0.1, 0.15) is 25.3 Å². The van der Waals surface area contributed by atoms with Crippen LogP contribution in [0.4, 0.5) is 0 Å². The van der Waals surface area contributed by atoms with E-state index >= 15 is 0 Å². The lowest BCUT2D eigenvalue weighted by molar-refractivity contribution is -0.118. The SMILES string of the molecule is CCCCNC(=O)CSCCOc1ccccc1C. The van der Waals surface area contributed by atoms with Crippen LogP contribution in [-0.2, 0) is 4.79 Å². The molecule has 0 fully saturated rings. The van der Waals surface area contributed by atoms with E-state index in [2.05, 4.69) is 12.2 Å². The van der Waals surface area contributed by atoms with E-state index in [1.165, 1.54) is 0 Å². The largest absolute Gasteiger partial charge is 0.492 e. The minimum atomic E-state index is 0.120. The quantitative estimate of drug-likeness (QED) is 0.707. The zero-order valence-electron chi connectivity index (χ0n) is 11.8. The zero-order valence-corrected chi connectivity index (χ0v) is 12.6. The average molecular weight is 281 g/mol. The standard InChI is InChI=1S/C15H23NO2S/c1-3-4-9-16-15(17)12-19-11-10-18-14-8-6-5-7-13(14)2/h5-8H,3-4,9-12H2,1-2H3,(H,16,17). The summed E-state index contributed by atoms with van der Waals surface area (Å²) in [5.74, 6) is 2.39. The number of amides is 1. The van der Waals surface area contributed by atoms with Crippen molar-refractivity contribution in [3.63, 3.8) is 0 Å². The van der Waals surface area contributed by atoms with Gasteiger partial charge < -0.3 is 10.1 Å². The number of unbranched alkanes of at least 4 members (excludes halogenated alkanes) is 1. The van der Waals surface area contributed by atoms with Crippen molar-refractivity contribution in [2.45, 2.75) is 26.7 Å². The van der Waals surface area contributed by atoms with Gasteiger partial charge in [0, 0.05) is 12.3 Å². The highest BCUT2D eigenvalue weighted by Crippen LogP contribution is 2.16. The van der Waals surface area contributed by atoms with E-state index in [0.717, 1.165) is 36.5 Å². The highest BCUT2D eigenvalue weighted by atomic mass is 32.2. The highest BCUT2D eigenvalue weighted by molar-refractivity contribution is 7.99. The number of hydrogen-bond acceptors (Lipinski definition) is 3. The molecule has 0 bridgehead atoms. The molecule has 0 heterocycles. The van der Waals surface area contributed by atoms with Gasteiger partial charge in [-0.1, -0.05) is 31.5 Å². The van der Waals surface area contributed by atoms with E-state index in [0.29, 0.717) is 12.4 Å². The van der Waals surface area contributed by atoms with Crippen LogP contribution in [0.5, 0.6) is 5.75 Å². The molecule has 1 N–H and O–H groups in total. The Kier molecular flexibility index (Phi) is 8.14. The summed E-state index contributed by atoms with van der Waals surface area (Å²) in [6.45, 7) is 5.57. The number of ether oxygens (including phenoxy) is 1. The van der Waals surface area contributed by atoms with E-state index in [1.807, 2.05) is 31.2 Å². The number of carbonyl (C=O) groups is 1. The molecule has 0 atom stereocenters. The predicted octanol–water partition coefficient (Wildman–Crippen LogP) is 3.02. The molecule has 1 aromatic rings. The molecule has 1 rings (SSSR count). The van der Waals surface area contributed by atoms with Crippen LogP contribution in [0.3, 0.4) is 0 Å². The summed E-state index contributed by atoms with van der Waals surface area (Å²) in [7, 11) is 0. The van der Waals surface area contributed by atoms with Gasteiger partial charge >= 0.3 is 0 Å². The summed E-state index contributed by atoms with van der Waals surface area (Å²) in [4.78, 5) is 11.4. The lowest BCUT2D eigenvalue weighted by Crippen LogP contribution is -2.26. The van der Waals surface area contributed by atoms with Crippen LogP contribution >= 0.6 is 11.8 Å². The van der Waals surface area contributed by atoms with Gasteiger partial charge in [-0.15, -0.1) is 11.8 Å². The maximum atomic E-state index is 11.4. The summed E-state index contributed by atoms with van der Waals surface area (Å²) < 4.78 is 5.66. The number of thioether (sulfide) groups is 1. The average Bonchev–Trinajstić information content (AvgIpc) is 2.41. The van der Waals surface area contributed by atoms with Crippen LogP contribution < -0.4 is 10.1 Å². The summed E-state index contributed by atoms with van der Waals surface area (Å²) in [5, 5.41) is 2.90. The van der Waals surface area contributed by atoms with Gasteiger partial charge in [0.15, 0.2) is 0 Å². The second-order valence-electron chi connectivity index (χ2n) is 4.37. The summed E-state index contributed by atoms with van der Waals surface area (Å²) in [6.07, 6.45) is 2.16. The Hall–Kier alpha value is -1.16.